The molecule has 3 nitrogen and oxygen atoms in total. The number of benzene rings is 23. The molecule has 6 heteroatoms. The third-order valence-electron chi connectivity index (χ3n) is 31.6. The van der Waals surface area contributed by atoms with E-state index in [-0.39, 0.29) is 16.2 Å². The van der Waals surface area contributed by atoms with E-state index in [1.807, 2.05) is 34.0 Å². The smallest absolute Gasteiger partial charge is 0.0540 e. The van der Waals surface area contributed by atoms with Gasteiger partial charge in [-0.2, -0.15) is 0 Å². The fraction of sp³-hybridized carbons (Fsp3) is 0.0629. The third kappa shape index (κ3) is 15.5. The lowest BCUT2D eigenvalue weighted by Crippen LogP contribution is -2.14. The van der Waals surface area contributed by atoms with Crippen molar-refractivity contribution < 1.29 is 0 Å². The van der Waals surface area contributed by atoms with Crippen LogP contribution in [-0.4, -0.2) is 0 Å². The van der Waals surface area contributed by atoms with Gasteiger partial charge in [0.15, 0.2) is 0 Å². The zero-order chi connectivity index (χ0) is 99.7. The van der Waals surface area contributed by atoms with E-state index in [0.29, 0.717) is 0 Å². The number of fused-ring (bicyclic) bond motifs is 23. The number of rotatable bonds is 15. The van der Waals surface area contributed by atoms with Crippen molar-refractivity contribution in [3.05, 3.63) is 549 Å². The molecule has 0 fully saturated rings. The van der Waals surface area contributed by atoms with E-state index in [1.54, 1.807) is 0 Å². The molecule has 3 heterocycles. The maximum atomic E-state index is 2.39. The number of thiophene rings is 3. The van der Waals surface area contributed by atoms with Gasteiger partial charge in [-0.1, -0.05) is 454 Å². The monoisotopic (exact) mass is 1960 g/mol. The Morgan fingerprint density at radius 2 is 0.409 bits per heavy atom. The number of nitrogens with zero attached hydrogens (tertiary/aromatic N) is 3. The Kier molecular flexibility index (Phi) is 22.3. The molecule has 3 aliphatic carbocycles. The maximum absolute atomic E-state index is 2.39. The number of anilines is 9. The van der Waals surface area contributed by atoms with Gasteiger partial charge in [-0.3, -0.25) is 0 Å². The molecule has 3 aliphatic rings. The minimum absolute atomic E-state index is 0.000191. The van der Waals surface area contributed by atoms with Gasteiger partial charge in [-0.25, -0.2) is 0 Å². The second-order valence-electron chi connectivity index (χ2n) is 41.2. The molecule has 708 valence electrons. The van der Waals surface area contributed by atoms with Gasteiger partial charge in [0.25, 0.3) is 0 Å². The topological polar surface area (TPSA) is 9.72 Å². The minimum atomic E-state index is -0.00717. The number of hydrogen-bond acceptors (Lipinski definition) is 6. The lowest BCUT2D eigenvalue weighted by molar-refractivity contribution is 0.661. The van der Waals surface area contributed by atoms with E-state index >= 15 is 0 Å². The summed E-state index contributed by atoms with van der Waals surface area (Å²) in [6, 6.07) is 189. The summed E-state index contributed by atoms with van der Waals surface area (Å²) in [6.45, 7) is 14.2. The molecule has 0 radical (unpaired) electrons. The Morgan fingerprint density at radius 1 is 0.148 bits per heavy atom. The summed E-state index contributed by atoms with van der Waals surface area (Å²) in [5, 5.41) is 13.0. The SMILES string of the molecule is CC1(C)c2ccccc2-c2c1ccc1c2sc2c(-c3ccc(N(c4ccc(-c5ccccc5)cc4)c4ccc5ccccc5c4)cc3)cccc21.CC1(C)c2ccccc2-c2c1ccc1c2sc2c(-c3ccc(N(c4ccc(-c5ccccc5)cc4)c4cccc5ccccc45)cc3)cccc21.CC1(C)c2ccccc2-c2c1ccc1c2sc2c(-c3ccc(N(c4ccccc4)c4cccc(-c5ccccc5)c4)cc3)cccc21. The highest BCUT2D eigenvalue weighted by Crippen LogP contribution is 2.60. The van der Waals surface area contributed by atoms with Gasteiger partial charge in [-0.15, -0.1) is 34.0 Å². The second-order valence-corrected chi connectivity index (χ2v) is 44.3. The molecular weight excluding hydrogens is 1860 g/mol. The third-order valence-corrected chi connectivity index (χ3v) is 35.4. The van der Waals surface area contributed by atoms with Crippen molar-refractivity contribution in [1.29, 1.82) is 0 Å². The molecular formula is C143H103N3S3. The van der Waals surface area contributed by atoms with Crippen LogP contribution in [0.25, 0.3) is 182 Å². The number of para-hydroxylation sites is 1. The zero-order valence-corrected chi connectivity index (χ0v) is 86.1. The molecule has 0 aliphatic heterocycles. The van der Waals surface area contributed by atoms with E-state index < -0.39 is 0 Å². The highest BCUT2D eigenvalue weighted by Gasteiger charge is 2.41. The Hall–Kier alpha value is -17.4. The molecule has 149 heavy (non-hydrogen) atoms. The fourth-order valence-electron chi connectivity index (χ4n) is 24.1. The Balaban J connectivity index is 0.000000110. The normalized spacial score (nSPS) is 13.1. The van der Waals surface area contributed by atoms with Crippen LogP contribution < -0.4 is 14.7 Å². The first-order valence-corrected chi connectivity index (χ1v) is 54.1. The van der Waals surface area contributed by atoms with E-state index in [2.05, 4.69) is 572 Å². The standard InChI is InChI=1S/2C49H35NS.C45H33NS/c1-49(2)43-20-9-8-17-42(43)46-44(49)31-30-41-40-19-11-18-39(47(40)51-48(41)46)35-24-28-37(29-25-35)50(45-21-10-15-34-14-6-7-16-38(34)45)36-26-22-33(23-27-36)32-12-4-3-5-13-32;1-49(2)44-18-9-8-15-43(44)46-45(49)30-29-42-41-17-10-16-40(47(41)51-48(42)46)35-22-26-38(27-23-35)50(39-28-21-33-13-6-7-14-36(33)31-39)37-24-19-34(20-25-37)32-11-4-3-5-12-32;1-45(2)40-22-10-9-19-39(40)42-41(45)28-27-38-37-21-12-20-36(43(37)47-44(38)42)31-23-25-34(26-24-31)46(33-16-7-4-8-17-33)35-18-11-15-32(29-35)30-13-5-3-6-14-30/h2*3-31H,1-2H3;3-29H,1-2H3. The van der Waals surface area contributed by atoms with Crippen LogP contribution in [0.1, 0.15) is 74.9 Å². The quantitative estimate of drug-likeness (QED) is 0.101. The molecule has 23 aromatic carbocycles. The predicted molar refractivity (Wildman–Crippen MR) is 642 cm³/mol. The van der Waals surface area contributed by atoms with Gasteiger partial charge in [0.05, 0.1) is 5.69 Å². The van der Waals surface area contributed by atoms with E-state index in [1.165, 1.54) is 216 Å². The molecule has 0 unspecified atom stereocenters. The van der Waals surface area contributed by atoms with Crippen LogP contribution in [0.2, 0.25) is 0 Å². The molecule has 0 saturated heterocycles. The van der Waals surface area contributed by atoms with Crippen LogP contribution in [0.5, 0.6) is 0 Å². The average Bonchev–Trinajstić information content (AvgIpc) is 1.56. The molecule has 3 aromatic heterocycles. The summed E-state index contributed by atoms with van der Waals surface area (Å²) in [4.78, 5) is 7.11. The van der Waals surface area contributed by atoms with Crippen molar-refractivity contribution in [3.8, 4) is 100 Å². The molecule has 0 spiro atoms. The van der Waals surface area contributed by atoms with Gasteiger partial charge in [0, 0.05) is 144 Å². The molecule has 0 atom stereocenters. The van der Waals surface area contributed by atoms with Gasteiger partial charge in [0.1, 0.15) is 0 Å². The summed E-state index contributed by atoms with van der Waals surface area (Å²) in [7, 11) is 0. The molecule has 0 amide bonds. The maximum Gasteiger partial charge on any atom is 0.0540 e. The molecule has 26 aromatic rings. The van der Waals surface area contributed by atoms with Crippen molar-refractivity contribution in [2.45, 2.75) is 57.8 Å². The lowest BCUT2D eigenvalue weighted by atomic mass is 9.82. The van der Waals surface area contributed by atoms with Crippen molar-refractivity contribution in [2.75, 3.05) is 14.7 Å². The van der Waals surface area contributed by atoms with Gasteiger partial charge < -0.3 is 14.7 Å². The zero-order valence-electron chi connectivity index (χ0n) is 83.6. The highest BCUT2D eigenvalue weighted by molar-refractivity contribution is 7.28. The van der Waals surface area contributed by atoms with Crippen molar-refractivity contribution in [2.24, 2.45) is 0 Å². The fourth-order valence-corrected chi connectivity index (χ4v) is 28.3. The Morgan fingerprint density at radius 3 is 0.819 bits per heavy atom. The summed E-state index contributed by atoms with van der Waals surface area (Å²) in [5.74, 6) is 0. The van der Waals surface area contributed by atoms with Gasteiger partial charge >= 0.3 is 0 Å². The number of hydrogen-bond donors (Lipinski definition) is 0. The molecule has 0 saturated carbocycles. The minimum Gasteiger partial charge on any atom is -0.310 e. The van der Waals surface area contributed by atoms with Crippen LogP contribution in [0.4, 0.5) is 51.2 Å². The predicted octanol–water partition coefficient (Wildman–Crippen LogP) is 41.8. The van der Waals surface area contributed by atoms with Crippen molar-refractivity contribution in [3.63, 3.8) is 0 Å². The van der Waals surface area contributed by atoms with Crippen LogP contribution in [0, 0.1) is 0 Å². The summed E-state index contributed by atoms with van der Waals surface area (Å²) in [5.41, 5.74) is 42.0. The van der Waals surface area contributed by atoms with Crippen LogP contribution in [0.3, 0.4) is 0 Å². The summed E-state index contributed by atoms with van der Waals surface area (Å²) >= 11 is 5.84. The molecule has 0 bridgehead atoms. The second kappa shape index (κ2) is 36.7. The van der Waals surface area contributed by atoms with Crippen molar-refractivity contribution >= 4 is 167 Å². The van der Waals surface area contributed by atoms with Crippen molar-refractivity contribution in [1.82, 2.24) is 0 Å². The van der Waals surface area contributed by atoms with Crippen LogP contribution >= 0.6 is 34.0 Å². The highest BCUT2D eigenvalue weighted by atomic mass is 32.1. The van der Waals surface area contributed by atoms with Crippen LogP contribution in [-0.2, 0) is 16.2 Å². The Bertz CT molecular complexity index is 9690. The van der Waals surface area contributed by atoms with E-state index in [0.717, 1.165) is 51.2 Å². The molecule has 0 N–H and O–H groups in total. The van der Waals surface area contributed by atoms with Gasteiger partial charge in [-0.05, 0) is 236 Å². The first kappa shape index (κ1) is 90.4. The first-order valence-electron chi connectivity index (χ1n) is 51.6. The van der Waals surface area contributed by atoms with E-state index in [9.17, 15) is 0 Å². The average molecular weight is 1960 g/mol. The Labute approximate surface area is 881 Å². The lowest BCUT2D eigenvalue weighted by Gasteiger charge is -2.27. The summed E-state index contributed by atoms with van der Waals surface area (Å²) < 4.78 is 8.23. The molecule has 29 rings (SSSR count). The van der Waals surface area contributed by atoms with Crippen LogP contribution in [0.15, 0.2) is 516 Å². The van der Waals surface area contributed by atoms with Gasteiger partial charge in [0.2, 0.25) is 0 Å². The van der Waals surface area contributed by atoms with E-state index in [4.69, 9.17) is 0 Å². The summed E-state index contributed by atoms with van der Waals surface area (Å²) in [6.07, 6.45) is 0. The first-order chi connectivity index (χ1) is 73.2. The largest absolute Gasteiger partial charge is 0.310 e.